The maximum atomic E-state index is 14.7. The molecule has 4 heterocycles. The lowest BCUT2D eigenvalue weighted by Crippen LogP contribution is -2.58. The molecule has 4 N–H and O–H groups in total. The third-order valence-corrected chi connectivity index (χ3v) is 18.9. The molecule has 22 heteroatoms. The maximum absolute atomic E-state index is 14.7. The second kappa shape index (κ2) is 28.4. The van der Waals surface area contributed by atoms with Gasteiger partial charge in [0.2, 0.25) is 23.6 Å². The second-order valence-corrected chi connectivity index (χ2v) is 28.8. The summed E-state index contributed by atoms with van der Waals surface area (Å²) in [5.41, 5.74) is -0.719. The van der Waals surface area contributed by atoms with Crippen LogP contribution < -0.4 is 21.3 Å². The van der Waals surface area contributed by atoms with Crippen molar-refractivity contribution in [3.8, 4) is 0 Å². The minimum Gasteiger partial charge on any atom is -0.444 e. The van der Waals surface area contributed by atoms with Crippen LogP contribution in [0.2, 0.25) is 0 Å². The number of fused-ring (bicyclic) bond motifs is 2. The van der Waals surface area contributed by atoms with E-state index < -0.39 is 82.6 Å². The summed E-state index contributed by atoms with van der Waals surface area (Å²) in [7, 11) is 3.23. The van der Waals surface area contributed by atoms with Crippen molar-refractivity contribution in [2.45, 2.75) is 192 Å². The van der Waals surface area contributed by atoms with Gasteiger partial charge < -0.3 is 59.8 Å². The lowest BCUT2D eigenvalue weighted by Gasteiger charge is -2.36. The molecule has 6 amide bonds. The predicted molar refractivity (Wildman–Crippen MR) is 331 cm³/mol. The first-order valence-electron chi connectivity index (χ1n) is 28.7. The predicted octanol–water partition coefficient (Wildman–Crippen LogP) is 8.78. The van der Waals surface area contributed by atoms with Crippen LogP contribution in [0, 0.1) is 10.8 Å². The van der Waals surface area contributed by atoms with Crippen molar-refractivity contribution in [1.82, 2.24) is 40.9 Å². The number of nitrogens with zero attached hydrogens (tertiary/aromatic N) is 4. The number of likely N-dealkylation sites (N-methyl/N-ethyl adjacent to an activating group) is 2. The fourth-order valence-electron chi connectivity index (χ4n) is 10.7. The van der Waals surface area contributed by atoms with E-state index in [0.29, 0.717) is 73.2 Å². The highest BCUT2D eigenvalue weighted by atomic mass is 32.2. The summed E-state index contributed by atoms with van der Waals surface area (Å²) in [6, 6.07) is 14.3. The molecule has 0 aromatic heterocycles. The quantitative estimate of drug-likeness (QED) is 0.0682. The molecule has 0 radical (unpaired) electrons. The number of benzene rings is 2. The Bertz CT molecular complexity index is 2390. The van der Waals surface area contributed by atoms with Crippen LogP contribution in [-0.4, -0.2) is 176 Å². The van der Waals surface area contributed by atoms with Crippen molar-refractivity contribution in [2.24, 2.45) is 10.8 Å². The number of unbranched alkanes of at least 4 members (excludes halogenated alkanes) is 1. The molecule has 0 spiro atoms. The number of ether oxygens (including phenoxy) is 4. The highest BCUT2D eigenvalue weighted by Crippen LogP contribution is 2.48. The van der Waals surface area contributed by atoms with Gasteiger partial charge in [-0.25, -0.2) is 9.59 Å². The third-order valence-electron chi connectivity index (χ3n) is 15.4. The van der Waals surface area contributed by atoms with Crippen LogP contribution >= 0.6 is 48.0 Å². The Balaban J connectivity index is 1.03. The Labute approximate surface area is 506 Å². The molecule has 6 rings (SSSR count). The molecule has 82 heavy (non-hydrogen) atoms. The molecule has 4 aliphatic heterocycles. The van der Waals surface area contributed by atoms with Gasteiger partial charge in [0.05, 0.1) is 58.1 Å². The number of amides is 6. The zero-order chi connectivity index (χ0) is 60.5. The standard InChI is InChI=1S/C60H90N8O10S4/c1-37(65(13)55(73)77-57(3,4)5)51(79)63-41-27-31-81-45-33-59(9,10)47(67(45)53(41)71)49(69)61-43(39-23-17-15-18-24-39)35-75-29-21-22-30-76-36-44(40-25-19-16-20-26-40)62-50(70)48-60(11,12)34-46-68(48)54(72)42(28-32-82-46)64-52(80)38(2)66(14)56(74)78-58(6,7)8/h15-20,23-26,37-38,41-48H,21-22,27-36H2,1-14H3,(H,61,69)(H,62,70)(H,63,79)(H,64,80)/t37-,38-,41-,42-,43+,44+,45-,46-,47+,48+/m0/s1. The van der Waals surface area contributed by atoms with E-state index in [-0.39, 0.29) is 47.6 Å². The summed E-state index contributed by atoms with van der Waals surface area (Å²) in [5, 5.41) is 12.7. The van der Waals surface area contributed by atoms with Gasteiger partial charge in [0.1, 0.15) is 35.4 Å². The number of carbonyl (C=O) groups is 6. The topological polar surface area (TPSA) is 200 Å². The number of hydrogen-bond acceptors (Lipinski definition) is 14. The smallest absolute Gasteiger partial charge is 0.410 e. The maximum Gasteiger partial charge on any atom is 0.410 e. The number of thioether (sulfide) groups is 2. The number of rotatable bonds is 21. The monoisotopic (exact) mass is 1210 g/mol. The van der Waals surface area contributed by atoms with E-state index >= 15 is 0 Å². The van der Waals surface area contributed by atoms with Gasteiger partial charge in [0, 0.05) is 27.3 Å². The van der Waals surface area contributed by atoms with Crippen LogP contribution in [0.25, 0.3) is 0 Å². The van der Waals surface area contributed by atoms with E-state index in [1.165, 1.54) is 9.80 Å². The Morgan fingerprint density at radius 2 is 0.963 bits per heavy atom. The molecular formula is C60H90N8O10S4. The molecule has 454 valence electrons. The Morgan fingerprint density at radius 3 is 1.29 bits per heavy atom. The largest absolute Gasteiger partial charge is 0.444 e. The Morgan fingerprint density at radius 1 is 0.622 bits per heavy atom. The van der Waals surface area contributed by atoms with Gasteiger partial charge >= 0.3 is 12.2 Å². The minimum atomic E-state index is -0.768. The van der Waals surface area contributed by atoms with Gasteiger partial charge in [-0.15, -0.1) is 23.5 Å². The van der Waals surface area contributed by atoms with Crippen LogP contribution in [0.3, 0.4) is 0 Å². The molecule has 0 unspecified atom stereocenters. The van der Waals surface area contributed by atoms with Gasteiger partial charge in [-0.3, -0.25) is 19.2 Å². The summed E-state index contributed by atoms with van der Waals surface area (Å²) in [5.74, 6) is 0.425. The molecule has 0 aliphatic carbocycles. The van der Waals surface area contributed by atoms with Crippen molar-refractivity contribution < 1.29 is 47.7 Å². The van der Waals surface area contributed by atoms with Gasteiger partial charge in [-0.05, 0) is 127 Å². The zero-order valence-electron chi connectivity index (χ0n) is 50.5. The van der Waals surface area contributed by atoms with Crippen molar-refractivity contribution in [2.75, 3.05) is 52.0 Å². The summed E-state index contributed by atoms with van der Waals surface area (Å²) < 4.78 is 23.7. The molecule has 2 aromatic carbocycles. The van der Waals surface area contributed by atoms with Crippen LogP contribution in [0.1, 0.15) is 145 Å². The lowest BCUT2D eigenvalue weighted by molar-refractivity contribution is -0.142. The normalized spacial score (nSPS) is 23.8. The summed E-state index contributed by atoms with van der Waals surface area (Å²) >= 11 is 14.9. The number of thiocarbonyl (C=S) groups is 2. The van der Waals surface area contributed by atoms with Gasteiger partial charge in [-0.2, -0.15) is 0 Å². The molecule has 2 aromatic rings. The van der Waals surface area contributed by atoms with Crippen LogP contribution in [-0.2, 0) is 38.1 Å². The highest BCUT2D eigenvalue weighted by molar-refractivity contribution is 8.00. The first-order chi connectivity index (χ1) is 38.4. The van der Waals surface area contributed by atoms with Gasteiger partial charge in [0.15, 0.2) is 0 Å². The number of nitrogens with one attached hydrogen (secondary N) is 4. The Hall–Kier alpha value is -4.74. The number of hydrogen-bond donors (Lipinski definition) is 4. The van der Waals surface area contributed by atoms with E-state index in [9.17, 15) is 28.8 Å². The SMILES string of the molecule is C[C@@H](C(=S)N[C@H]1CCS[C@H]2CC(C)(C)[C@@H](C(=O)N[C@H](COCCCCOC[C@@H](NC(=O)[C@H]3N4C(=O)[C@@H](NC(=S)[C@H](C)N(C)C(=O)OC(C)(C)C)CCS[C@H]4CC3(C)C)c3ccccc3)c3ccccc3)N2C1=O)N(C)C(=O)OC(C)(C)C. The van der Waals surface area contributed by atoms with Gasteiger partial charge in [-0.1, -0.05) is 113 Å². The van der Waals surface area contributed by atoms with E-state index in [4.69, 9.17) is 43.4 Å². The Kier molecular flexibility index (Phi) is 23.0. The van der Waals surface area contributed by atoms with Crippen molar-refractivity contribution in [3.63, 3.8) is 0 Å². The average Bonchev–Trinajstić information content (AvgIpc) is 4.01. The summed E-state index contributed by atoms with van der Waals surface area (Å²) in [4.78, 5) is 91.3. The molecule has 4 aliphatic rings. The molecule has 4 saturated heterocycles. The highest BCUT2D eigenvalue weighted by Gasteiger charge is 2.56. The van der Waals surface area contributed by atoms with Crippen LogP contribution in [0.15, 0.2) is 60.7 Å². The van der Waals surface area contributed by atoms with E-state index in [1.54, 1.807) is 103 Å². The van der Waals surface area contributed by atoms with Crippen molar-refractivity contribution >= 4 is 93.8 Å². The molecule has 0 bridgehead atoms. The summed E-state index contributed by atoms with van der Waals surface area (Å²) in [6.07, 6.45) is 2.56. The van der Waals surface area contributed by atoms with Crippen molar-refractivity contribution in [3.05, 3.63) is 71.8 Å². The molecule has 0 saturated carbocycles. The molecular weight excluding hydrogens is 1120 g/mol. The molecule has 4 fully saturated rings. The van der Waals surface area contributed by atoms with Crippen LogP contribution in [0.5, 0.6) is 0 Å². The molecule has 18 nitrogen and oxygen atoms in total. The van der Waals surface area contributed by atoms with Crippen molar-refractivity contribution in [1.29, 1.82) is 0 Å². The van der Waals surface area contributed by atoms with Crippen LogP contribution in [0.4, 0.5) is 9.59 Å². The van der Waals surface area contributed by atoms with E-state index in [0.717, 1.165) is 11.1 Å². The minimum absolute atomic E-state index is 0.198. The lowest BCUT2D eigenvalue weighted by atomic mass is 9.83. The number of carbonyl (C=O) groups excluding carboxylic acids is 6. The van der Waals surface area contributed by atoms with Gasteiger partial charge in [0.25, 0.3) is 0 Å². The fraction of sp³-hybridized carbons (Fsp3) is 0.667. The second-order valence-electron chi connectivity index (χ2n) is 25.4. The first-order valence-corrected chi connectivity index (χ1v) is 31.6. The summed E-state index contributed by atoms with van der Waals surface area (Å²) in [6.45, 7) is 23.7. The fourth-order valence-corrected chi connectivity index (χ4v) is 14.5. The third kappa shape index (κ3) is 17.4. The van der Waals surface area contributed by atoms with E-state index in [2.05, 4.69) is 21.3 Å². The first kappa shape index (κ1) is 66.4. The average molecular weight is 1210 g/mol. The molecule has 10 atom stereocenters. The zero-order valence-corrected chi connectivity index (χ0v) is 53.8. The van der Waals surface area contributed by atoms with E-state index in [1.807, 2.05) is 88.4 Å².